The van der Waals surface area contributed by atoms with Gasteiger partial charge in [0.15, 0.2) is 0 Å². The first kappa shape index (κ1) is 13.4. The van der Waals surface area contributed by atoms with E-state index in [-0.39, 0.29) is 24.2 Å². The van der Waals surface area contributed by atoms with Crippen molar-refractivity contribution in [2.24, 2.45) is 5.92 Å². The summed E-state index contributed by atoms with van der Waals surface area (Å²) in [4.78, 5) is 22.7. The molecule has 0 aromatic heterocycles. The van der Waals surface area contributed by atoms with Gasteiger partial charge in [-0.3, -0.25) is 9.59 Å². The maximum Gasteiger partial charge on any atom is 0.225 e. The van der Waals surface area contributed by atoms with Gasteiger partial charge in [0.2, 0.25) is 11.8 Å². The van der Waals surface area contributed by atoms with Crippen LogP contribution in [0.5, 0.6) is 5.75 Å². The topological polar surface area (TPSA) is 67.4 Å². The Labute approximate surface area is 112 Å². The summed E-state index contributed by atoms with van der Waals surface area (Å²) in [5.41, 5.74) is 1.14. The lowest BCUT2D eigenvalue weighted by Gasteiger charge is -2.10. The summed E-state index contributed by atoms with van der Waals surface area (Å²) in [6.45, 7) is 3.29. The van der Waals surface area contributed by atoms with Gasteiger partial charge in [-0.25, -0.2) is 0 Å². The molecule has 0 radical (unpaired) electrons. The number of carbonyl (C=O) groups excluding carboxylic acids is 2. The van der Waals surface area contributed by atoms with E-state index in [0.717, 1.165) is 11.3 Å². The average molecular weight is 262 g/mol. The first-order valence-corrected chi connectivity index (χ1v) is 6.39. The van der Waals surface area contributed by atoms with E-state index in [0.29, 0.717) is 19.7 Å². The van der Waals surface area contributed by atoms with Crippen molar-refractivity contribution in [1.82, 2.24) is 10.6 Å². The van der Waals surface area contributed by atoms with Gasteiger partial charge in [-0.2, -0.15) is 0 Å². The van der Waals surface area contributed by atoms with E-state index >= 15 is 0 Å². The number of nitrogens with one attached hydrogen (secondary N) is 2. The van der Waals surface area contributed by atoms with E-state index in [1.807, 2.05) is 31.2 Å². The Morgan fingerprint density at radius 2 is 2.37 bits per heavy atom. The van der Waals surface area contributed by atoms with Crippen LogP contribution in [0.1, 0.15) is 12.0 Å². The Kier molecular flexibility index (Phi) is 4.39. The van der Waals surface area contributed by atoms with E-state index in [9.17, 15) is 9.59 Å². The lowest BCUT2D eigenvalue weighted by Crippen LogP contribution is -2.34. The zero-order chi connectivity index (χ0) is 13.7. The van der Waals surface area contributed by atoms with Crippen molar-refractivity contribution >= 4 is 11.8 Å². The second-order valence-electron chi connectivity index (χ2n) is 4.66. The molecule has 2 N–H and O–H groups in total. The highest BCUT2D eigenvalue weighted by molar-refractivity contribution is 5.89. The Bertz CT molecular complexity index is 474. The van der Waals surface area contributed by atoms with Crippen molar-refractivity contribution in [3.63, 3.8) is 0 Å². The third-order valence-electron chi connectivity index (χ3n) is 3.01. The zero-order valence-corrected chi connectivity index (χ0v) is 10.9. The third kappa shape index (κ3) is 3.98. The number of hydrogen-bond acceptors (Lipinski definition) is 3. The predicted molar refractivity (Wildman–Crippen MR) is 70.8 cm³/mol. The van der Waals surface area contributed by atoms with Gasteiger partial charge >= 0.3 is 0 Å². The fraction of sp³-hybridized carbons (Fsp3) is 0.429. The first-order valence-electron chi connectivity index (χ1n) is 6.39. The van der Waals surface area contributed by atoms with Crippen LogP contribution in [-0.2, 0) is 9.59 Å². The van der Waals surface area contributed by atoms with Crippen LogP contribution in [0, 0.1) is 12.8 Å². The molecule has 1 fully saturated rings. The van der Waals surface area contributed by atoms with Gasteiger partial charge in [0.05, 0.1) is 12.5 Å². The van der Waals surface area contributed by atoms with Gasteiger partial charge in [0.1, 0.15) is 12.4 Å². The van der Waals surface area contributed by atoms with Crippen molar-refractivity contribution in [3.05, 3.63) is 29.8 Å². The molecule has 0 saturated carbocycles. The molecule has 2 amide bonds. The fourth-order valence-corrected chi connectivity index (χ4v) is 1.98. The van der Waals surface area contributed by atoms with Crippen molar-refractivity contribution in [2.45, 2.75) is 13.3 Å². The molecule has 0 aliphatic carbocycles. The largest absolute Gasteiger partial charge is 0.492 e. The standard InChI is InChI=1S/C14H18N2O3/c1-10-3-2-4-12(7-10)19-6-5-15-14(18)11-8-13(17)16-9-11/h2-4,7,11H,5-6,8-9H2,1H3,(H,15,18)(H,16,17). The van der Waals surface area contributed by atoms with Crippen LogP contribution in [0.2, 0.25) is 0 Å². The van der Waals surface area contributed by atoms with Crippen LogP contribution in [0.25, 0.3) is 0 Å². The van der Waals surface area contributed by atoms with E-state index in [1.165, 1.54) is 0 Å². The van der Waals surface area contributed by atoms with E-state index in [2.05, 4.69) is 10.6 Å². The highest BCUT2D eigenvalue weighted by Crippen LogP contribution is 2.12. The number of rotatable bonds is 5. The Morgan fingerprint density at radius 1 is 1.53 bits per heavy atom. The fourth-order valence-electron chi connectivity index (χ4n) is 1.98. The molecule has 5 nitrogen and oxygen atoms in total. The Hall–Kier alpha value is -2.04. The molecule has 0 bridgehead atoms. The van der Waals surface area contributed by atoms with Crippen LogP contribution in [0.3, 0.4) is 0 Å². The van der Waals surface area contributed by atoms with Crippen LogP contribution in [-0.4, -0.2) is 31.5 Å². The zero-order valence-electron chi connectivity index (χ0n) is 10.9. The molecule has 2 rings (SSSR count). The van der Waals surface area contributed by atoms with Gasteiger partial charge in [-0.05, 0) is 24.6 Å². The van der Waals surface area contributed by atoms with E-state index in [4.69, 9.17) is 4.74 Å². The number of amides is 2. The Morgan fingerprint density at radius 3 is 3.05 bits per heavy atom. The molecule has 1 aliphatic heterocycles. The monoisotopic (exact) mass is 262 g/mol. The molecular formula is C14H18N2O3. The van der Waals surface area contributed by atoms with Crippen molar-refractivity contribution in [2.75, 3.05) is 19.7 Å². The molecule has 1 saturated heterocycles. The van der Waals surface area contributed by atoms with Crippen molar-refractivity contribution in [1.29, 1.82) is 0 Å². The number of hydrogen-bond donors (Lipinski definition) is 2. The molecule has 5 heteroatoms. The molecule has 1 unspecified atom stereocenters. The molecule has 19 heavy (non-hydrogen) atoms. The summed E-state index contributed by atoms with van der Waals surface area (Å²) in [6, 6.07) is 7.76. The van der Waals surface area contributed by atoms with Crippen LogP contribution in [0.4, 0.5) is 0 Å². The second kappa shape index (κ2) is 6.22. The SMILES string of the molecule is Cc1cccc(OCCNC(=O)C2CNC(=O)C2)c1. The summed E-state index contributed by atoms with van der Waals surface area (Å²) in [5.74, 6) is 0.404. The average Bonchev–Trinajstić information content (AvgIpc) is 2.81. The molecule has 1 aliphatic rings. The van der Waals surface area contributed by atoms with Gasteiger partial charge in [-0.15, -0.1) is 0 Å². The maximum absolute atomic E-state index is 11.7. The van der Waals surface area contributed by atoms with Crippen LogP contribution < -0.4 is 15.4 Å². The quantitative estimate of drug-likeness (QED) is 0.765. The van der Waals surface area contributed by atoms with E-state index in [1.54, 1.807) is 0 Å². The minimum absolute atomic E-state index is 0.0591. The van der Waals surface area contributed by atoms with Gasteiger partial charge in [0.25, 0.3) is 0 Å². The Balaban J connectivity index is 1.66. The summed E-state index contributed by atoms with van der Waals surface area (Å²) >= 11 is 0. The van der Waals surface area contributed by atoms with Gasteiger partial charge in [-0.1, -0.05) is 12.1 Å². The number of benzene rings is 1. The van der Waals surface area contributed by atoms with E-state index < -0.39 is 0 Å². The molecule has 1 aromatic rings. The normalized spacial score (nSPS) is 17.9. The minimum atomic E-state index is -0.244. The van der Waals surface area contributed by atoms with Crippen molar-refractivity contribution < 1.29 is 14.3 Å². The second-order valence-corrected chi connectivity index (χ2v) is 4.66. The molecule has 0 spiro atoms. The molecular weight excluding hydrogens is 244 g/mol. The van der Waals surface area contributed by atoms with Gasteiger partial charge in [0, 0.05) is 13.0 Å². The van der Waals surface area contributed by atoms with Gasteiger partial charge < -0.3 is 15.4 Å². The first-order chi connectivity index (χ1) is 9.15. The summed E-state index contributed by atoms with van der Waals surface area (Å²) in [7, 11) is 0. The maximum atomic E-state index is 11.7. The van der Waals surface area contributed by atoms with Crippen LogP contribution >= 0.6 is 0 Å². The summed E-state index contributed by atoms with van der Waals surface area (Å²) < 4.78 is 5.52. The smallest absolute Gasteiger partial charge is 0.225 e. The predicted octanol–water partition coefficient (Wildman–Crippen LogP) is 0.626. The lowest BCUT2D eigenvalue weighted by molar-refractivity contribution is -0.126. The molecule has 1 heterocycles. The molecule has 1 aromatic carbocycles. The number of ether oxygens (including phenoxy) is 1. The third-order valence-corrected chi connectivity index (χ3v) is 3.01. The summed E-state index contributed by atoms with van der Waals surface area (Å²) in [6.07, 6.45) is 0.282. The van der Waals surface area contributed by atoms with Crippen LogP contribution in [0.15, 0.2) is 24.3 Å². The minimum Gasteiger partial charge on any atom is -0.492 e. The summed E-state index contributed by atoms with van der Waals surface area (Å²) in [5, 5.41) is 5.42. The van der Waals surface area contributed by atoms with Crippen molar-refractivity contribution in [3.8, 4) is 5.75 Å². The highest BCUT2D eigenvalue weighted by atomic mass is 16.5. The molecule has 102 valence electrons. The number of carbonyl (C=O) groups is 2. The lowest BCUT2D eigenvalue weighted by atomic mass is 10.1. The molecule has 1 atom stereocenters. The highest BCUT2D eigenvalue weighted by Gasteiger charge is 2.27. The number of aryl methyl sites for hydroxylation is 1.